The largest absolute Gasteiger partial charge is 0.494 e. The van der Waals surface area contributed by atoms with Crippen LogP contribution < -0.4 is 19.5 Å². The van der Waals surface area contributed by atoms with Crippen molar-refractivity contribution in [3.05, 3.63) is 54.1 Å². The lowest BCUT2D eigenvalue weighted by atomic mass is 10.0. The average Bonchev–Trinajstić information content (AvgIpc) is 3.44. The van der Waals surface area contributed by atoms with E-state index < -0.39 is 0 Å². The molecule has 1 N–H and O–H groups in total. The molecule has 154 valence electrons. The number of ether oxygens (including phenoxy) is 3. The highest BCUT2D eigenvalue weighted by atomic mass is 16.7. The van der Waals surface area contributed by atoms with Crippen LogP contribution in [0.1, 0.15) is 37.3 Å². The Bertz CT molecular complexity index is 806. The maximum Gasteiger partial charge on any atom is 0.231 e. The molecule has 0 aliphatic carbocycles. The van der Waals surface area contributed by atoms with Gasteiger partial charge in [-0.25, -0.2) is 0 Å². The summed E-state index contributed by atoms with van der Waals surface area (Å²) >= 11 is 0. The quantitative estimate of drug-likeness (QED) is 0.657. The molecule has 2 aliphatic heterocycles. The number of fused-ring (bicyclic) bond motifs is 1. The molecule has 0 saturated carbocycles. The second-order valence-corrected chi connectivity index (χ2v) is 7.44. The lowest BCUT2D eigenvalue weighted by molar-refractivity contribution is -0.121. The van der Waals surface area contributed by atoms with E-state index in [4.69, 9.17) is 14.2 Å². The van der Waals surface area contributed by atoms with E-state index in [0.717, 1.165) is 35.9 Å². The molecule has 6 nitrogen and oxygen atoms in total. The minimum absolute atomic E-state index is 0.0617. The fourth-order valence-corrected chi connectivity index (χ4v) is 3.87. The Morgan fingerprint density at radius 2 is 1.86 bits per heavy atom. The van der Waals surface area contributed by atoms with E-state index in [0.29, 0.717) is 26.0 Å². The van der Waals surface area contributed by atoms with Crippen molar-refractivity contribution >= 4 is 5.91 Å². The topological polar surface area (TPSA) is 60.0 Å². The van der Waals surface area contributed by atoms with Gasteiger partial charge in [0.05, 0.1) is 12.6 Å². The van der Waals surface area contributed by atoms with Gasteiger partial charge in [-0.1, -0.05) is 24.3 Å². The van der Waals surface area contributed by atoms with Gasteiger partial charge in [0.1, 0.15) is 5.75 Å². The van der Waals surface area contributed by atoms with E-state index in [1.165, 1.54) is 12.8 Å². The summed E-state index contributed by atoms with van der Waals surface area (Å²) in [6, 6.07) is 15.9. The van der Waals surface area contributed by atoms with Crippen molar-refractivity contribution in [3.8, 4) is 17.2 Å². The summed E-state index contributed by atoms with van der Waals surface area (Å²) in [7, 11) is 0. The number of nitrogens with one attached hydrogen (secondary N) is 1. The number of nitrogens with zero attached hydrogens (tertiary/aromatic N) is 1. The summed E-state index contributed by atoms with van der Waals surface area (Å²) in [5.41, 5.74) is 1.16. The molecule has 6 heteroatoms. The molecule has 2 aliphatic rings. The van der Waals surface area contributed by atoms with Crippen molar-refractivity contribution in [1.82, 2.24) is 10.2 Å². The zero-order valence-corrected chi connectivity index (χ0v) is 16.6. The van der Waals surface area contributed by atoms with Crippen molar-refractivity contribution in [3.63, 3.8) is 0 Å². The normalized spacial score (nSPS) is 16.6. The van der Waals surface area contributed by atoms with Gasteiger partial charge >= 0.3 is 0 Å². The van der Waals surface area contributed by atoms with Gasteiger partial charge in [-0.2, -0.15) is 0 Å². The molecule has 4 rings (SSSR count). The number of rotatable bonds is 9. The number of hydrogen-bond donors (Lipinski definition) is 1. The summed E-state index contributed by atoms with van der Waals surface area (Å²) in [5.74, 6) is 2.48. The number of hydrogen-bond acceptors (Lipinski definition) is 5. The second kappa shape index (κ2) is 9.65. The summed E-state index contributed by atoms with van der Waals surface area (Å²) in [4.78, 5) is 14.8. The van der Waals surface area contributed by atoms with E-state index in [1.807, 2.05) is 42.5 Å². The molecule has 0 bridgehead atoms. The summed E-state index contributed by atoms with van der Waals surface area (Å²) in [5, 5.41) is 3.12. The van der Waals surface area contributed by atoms with Gasteiger partial charge in [0.25, 0.3) is 0 Å². The standard InChI is InChI=1S/C23H28N2O4/c26-23(9-6-14-27-19-7-2-1-3-8-19)24-16-20(25-12-4-5-13-25)18-10-11-21-22(15-18)29-17-28-21/h1-3,7-8,10-11,15,20H,4-6,9,12-14,16-17H2,(H,24,26). The first kappa shape index (κ1) is 19.6. The Hall–Kier alpha value is -2.73. The highest BCUT2D eigenvalue weighted by Gasteiger charge is 2.26. The first-order valence-corrected chi connectivity index (χ1v) is 10.4. The summed E-state index contributed by atoms with van der Waals surface area (Å²) in [6.45, 7) is 3.52. The Labute approximate surface area is 171 Å². The average molecular weight is 396 g/mol. The first-order valence-electron chi connectivity index (χ1n) is 10.4. The van der Waals surface area contributed by atoms with E-state index in [-0.39, 0.29) is 18.7 Å². The SMILES string of the molecule is O=C(CCCOc1ccccc1)NCC(c1ccc2c(c1)OCO2)N1CCCC1. The van der Waals surface area contributed by atoms with Crippen molar-refractivity contribution in [2.75, 3.05) is 33.0 Å². The lowest BCUT2D eigenvalue weighted by Crippen LogP contribution is -2.36. The number of carbonyl (C=O) groups excluding carboxylic acids is 1. The summed E-state index contributed by atoms with van der Waals surface area (Å²) < 4.78 is 16.6. The number of likely N-dealkylation sites (tertiary alicyclic amines) is 1. The molecular weight excluding hydrogens is 368 g/mol. The lowest BCUT2D eigenvalue weighted by Gasteiger charge is -2.28. The van der Waals surface area contributed by atoms with Crippen LogP contribution in [-0.2, 0) is 4.79 Å². The van der Waals surface area contributed by atoms with Crippen LogP contribution in [0, 0.1) is 0 Å². The highest BCUT2D eigenvalue weighted by Crippen LogP contribution is 2.36. The number of para-hydroxylation sites is 1. The van der Waals surface area contributed by atoms with Crippen LogP contribution in [0.2, 0.25) is 0 Å². The van der Waals surface area contributed by atoms with Crippen LogP contribution in [-0.4, -0.2) is 43.8 Å². The van der Waals surface area contributed by atoms with E-state index in [9.17, 15) is 4.79 Å². The molecule has 1 fully saturated rings. The molecule has 2 heterocycles. The minimum Gasteiger partial charge on any atom is -0.494 e. The zero-order valence-electron chi connectivity index (χ0n) is 16.6. The van der Waals surface area contributed by atoms with Crippen LogP contribution in [0.5, 0.6) is 17.2 Å². The first-order chi connectivity index (χ1) is 14.3. The molecule has 2 aromatic carbocycles. The second-order valence-electron chi connectivity index (χ2n) is 7.44. The molecule has 1 amide bonds. The molecule has 0 radical (unpaired) electrons. The monoisotopic (exact) mass is 396 g/mol. The van der Waals surface area contributed by atoms with Gasteiger partial charge < -0.3 is 19.5 Å². The maximum atomic E-state index is 12.4. The van der Waals surface area contributed by atoms with Crippen molar-refractivity contribution < 1.29 is 19.0 Å². The maximum absolute atomic E-state index is 12.4. The van der Waals surface area contributed by atoms with E-state index >= 15 is 0 Å². The number of amides is 1. The van der Waals surface area contributed by atoms with Crippen LogP contribution in [0.15, 0.2) is 48.5 Å². The molecule has 2 aromatic rings. The zero-order chi connectivity index (χ0) is 19.9. The fourth-order valence-electron chi connectivity index (χ4n) is 3.87. The Morgan fingerprint density at radius 1 is 1.07 bits per heavy atom. The van der Waals surface area contributed by atoms with Crippen molar-refractivity contribution in [2.24, 2.45) is 0 Å². The fraction of sp³-hybridized carbons (Fsp3) is 0.435. The van der Waals surface area contributed by atoms with Gasteiger partial charge in [0.2, 0.25) is 12.7 Å². The van der Waals surface area contributed by atoms with E-state index in [2.05, 4.69) is 16.3 Å². The molecule has 1 saturated heterocycles. The van der Waals surface area contributed by atoms with Crippen LogP contribution in [0.3, 0.4) is 0 Å². The molecule has 0 spiro atoms. The smallest absolute Gasteiger partial charge is 0.231 e. The highest BCUT2D eigenvalue weighted by molar-refractivity contribution is 5.75. The van der Waals surface area contributed by atoms with Gasteiger partial charge in [0, 0.05) is 13.0 Å². The third-order valence-corrected chi connectivity index (χ3v) is 5.42. The molecule has 1 unspecified atom stereocenters. The van der Waals surface area contributed by atoms with Crippen molar-refractivity contribution in [1.29, 1.82) is 0 Å². The predicted octanol–water partition coefficient (Wildman–Crippen LogP) is 3.53. The van der Waals surface area contributed by atoms with Crippen LogP contribution in [0.4, 0.5) is 0 Å². The van der Waals surface area contributed by atoms with Crippen LogP contribution in [0.25, 0.3) is 0 Å². The van der Waals surface area contributed by atoms with Gasteiger partial charge in [-0.05, 0) is 62.2 Å². The summed E-state index contributed by atoms with van der Waals surface area (Å²) in [6.07, 6.45) is 3.55. The Morgan fingerprint density at radius 3 is 2.69 bits per heavy atom. The van der Waals surface area contributed by atoms with Crippen molar-refractivity contribution in [2.45, 2.75) is 31.7 Å². The third-order valence-electron chi connectivity index (χ3n) is 5.42. The van der Waals surface area contributed by atoms with Crippen LogP contribution >= 0.6 is 0 Å². The van der Waals surface area contributed by atoms with E-state index in [1.54, 1.807) is 0 Å². The molecule has 1 atom stereocenters. The third kappa shape index (κ3) is 5.21. The Kier molecular flexibility index (Phi) is 6.52. The molecule has 0 aromatic heterocycles. The minimum atomic E-state index is 0.0617. The number of carbonyl (C=O) groups is 1. The van der Waals surface area contributed by atoms with Gasteiger partial charge in [0.15, 0.2) is 11.5 Å². The molecule has 29 heavy (non-hydrogen) atoms. The number of benzene rings is 2. The predicted molar refractivity (Wildman–Crippen MR) is 110 cm³/mol. The van der Waals surface area contributed by atoms with Gasteiger partial charge in [-0.3, -0.25) is 9.69 Å². The van der Waals surface area contributed by atoms with Gasteiger partial charge in [-0.15, -0.1) is 0 Å². The Balaban J connectivity index is 1.28. The molecular formula is C23H28N2O4.